The SMILES string of the molecule is CC(C)CNCc1ccc(-c2ccc([C@@H](C)O)cc2)o1. The number of aliphatic hydroxyl groups excluding tert-OH is 1. The molecule has 2 N–H and O–H groups in total. The Labute approximate surface area is 120 Å². The molecule has 2 rings (SSSR count). The van der Waals surface area contributed by atoms with Gasteiger partial charge in [0.2, 0.25) is 0 Å². The molecule has 0 saturated heterocycles. The fourth-order valence-corrected chi connectivity index (χ4v) is 2.04. The minimum atomic E-state index is -0.434. The van der Waals surface area contributed by atoms with Gasteiger partial charge in [0.05, 0.1) is 12.6 Å². The molecule has 0 aliphatic carbocycles. The van der Waals surface area contributed by atoms with E-state index in [1.807, 2.05) is 36.4 Å². The van der Waals surface area contributed by atoms with E-state index < -0.39 is 6.10 Å². The van der Waals surface area contributed by atoms with Gasteiger partial charge in [0.1, 0.15) is 11.5 Å². The summed E-state index contributed by atoms with van der Waals surface area (Å²) in [6.45, 7) is 7.87. The van der Waals surface area contributed by atoms with Crippen LogP contribution in [-0.4, -0.2) is 11.7 Å². The molecule has 0 amide bonds. The molecule has 3 heteroatoms. The van der Waals surface area contributed by atoms with Gasteiger partial charge in [-0.1, -0.05) is 38.1 Å². The minimum absolute atomic E-state index is 0.434. The molecule has 0 aliphatic heterocycles. The molecular weight excluding hydrogens is 250 g/mol. The highest BCUT2D eigenvalue weighted by molar-refractivity contribution is 5.58. The van der Waals surface area contributed by atoms with Crippen molar-refractivity contribution < 1.29 is 9.52 Å². The van der Waals surface area contributed by atoms with Crippen LogP contribution in [0.4, 0.5) is 0 Å². The van der Waals surface area contributed by atoms with Gasteiger partial charge in [-0.05, 0) is 37.1 Å². The molecule has 1 atom stereocenters. The number of furan rings is 1. The number of benzene rings is 1. The fraction of sp³-hybridized carbons (Fsp3) is 0.412. The van der Waals surface area contributed by atoms with Crippen molar-refractivity contribution in [1.82, 2.24) is 5.32 Å². The molecular formula is C17H23NO2. The van der Waals surface area contributed by atoms with Crippen molar-refractivity contribution in [1.29, 1.82) is 0 Å². The minimum Gasteiger partial charge on any atom is -0.460 e. The lowest BCUT2D eigenvalue weighted by atomic mass is 10.1. The summed E-state index contributed by atoms with van der Waals surface area (Å²) in [5, 5.41) is 12.9. The van der Waals surface area contributed by atoms with E-state index in [1.54, 1.807) is 6.92 Å². The largest absolute Gasteiger partial charge is 0.460 e. The molecule has 20 heavy (non-hydrogen) atoms. The smallest absolute Gasteiger partial charge is 0.134 e. The molecule has 0 bridgehead atoms. The molecule has 0 fully saturated rings. The van der Waals surface area contributed by atoms with Crippen LogP contribution >= 0.6 is 0 Å². The summed E-state index contributed by atoms with van der Waals surface area (Å²) in [6.07, 6.45) is -0.434. The molecule has 0 aliphatic rings. The van der Waals surface area contributed by atoms with E-state index in [0.717, 1.165) is 35.7 Å². The number of rotatable bonds is 6. The second-order valence-electron chi connectivity index (χ2n) is 5.59. The molecule has 0 spiro atoms. The third-order valence-corrected chi connectivity index (χ3v) is 3.19. The standard InChI is InChI=1S/C17H23NO2/c1-12(2)10-18-11-16-8-9-17(20-16)15-6-4-14(5-7-15)13(3)19/h4-9,12-13,18-19H,10-11H2,1-3H3/t13-/m1/s1. The number of aliphatic hydroxyl groups is 1. The van der Waals surface area contributed by atoms with Crippen LogP contribution in [0.1, 0.15) is 38.2 Å². The lowest BCUT2D eigenvalue weighted by molar-refractivity contribution is 0.199. The summed E-state index contributed by atoms with van der Waals surface area (Å²) in [6, 6.07) is 11.8. The fourth-order valence-electron chi connectivity index (χ4n) is 2.04. The monoisotopic (exact) mass is 273 g/mol. The van der Waals surface area contributed by atoms with Crippen molar-refractivity contribution in [2.24, 2.45) is 5.92 Å². The summed E-state index contributed by atoms with van der Waals surface area (Å²) >= 11 is 0. The normalized spacial score (nSPS) is 12.8. The van der Waals surface area contributed by atoms with E-state index >= 15 is 0 Å². The second-order valence-corrected chi connectivity index (χ2v) is 5.59. The predicted molar refractivity (Wildman–Crippen MR) is 81.3 cm³/mol. The Hall–Kier alpha value is -1.58. The van der Waals surface area contributed by atoms with Gasteiger partial charge in [-0.25, -0.2) is 0 Å². The topological polar surface area (TPSA) is 45.4 Å². The van der Waals surface area contributed by atoms with Gasteiger partial charge in [-0.3, -0.25) is 0 Å². The summed E-state index contributed by atoms with van der Waals surface area (Å²) in [7, 11) is 0. The Balaban J connectivity index is 2.01. The van der Waals surface area contributed by atoms with E-state index in [0.29, 0.717) is 5.92 Å². The average Bonchev–Trinajstić information content (AvgIpc) is 2.87. The molecule has 0 saturated carbocycles. The lowest BCUT2D eigenvalue weighted by Gasteiger charge is -2.06. The van der Waals surface area contributed by atoms with Crippen LogP contribution in [0.15, 0.2) is 40.8 Å². The van der Waals surface area contributed by atoms with Crippen LogP contribution in [0.2, 0.25) is 0 Å². The molecule has 108 valence electrons. The number of hydrogen-bond donors (Lipinski definition) is 2. The van der Waals surface area contributed by atoms with Crippen LogP contribution in [0.25, 0.3) is 11.3 Å². The van der Waals surface area contributed by atoms with Crippen LogP contribution in [0.3, 0.4) is 0 Å². The summed E-state index contributed by atoms with van der Waals surface area (Å²) in [5.41, 5.74) is 1.95. The van der Waals surface area contributed by atoms with Crippen molar-refractivity contribution >= 4 is 0 Å². The quantitative estimate of drug-likeness (QED) is 0.842. The predicted octanol–water partition coefficient (Wildman–Crippen LogP) is 3.75. The summed E-state index contributed by atoms with van der Waals surface area (Å²) in [5.74, 6) is 2.45. The van der Waals surface area contributed by atoms with Gasteiger partial charge in [0.15, 0.2) is 0 Å². The van der Waals surface area contributed by atoms with E-state index in [2.05, 4.69) is 19.2 Å². The van der Waals surface area contributed by atoms with Crippen molar-refractivity contribution in [3.63, 3.8) is 0 Å². The van der Waals surface area contributed by atoms with Crippen LogP contribution < -0.4 is 5.32 Å². The third kappa shape index (κ3) is 3.95. The highest BCUT2D eigenvalue weighted by atomic mass is 16.3. The van der Waals surface area contributed by atoms with E-state index in [9.17, 15) is 5.11 Å². The van der Waals surface area contributed by atoms with Crippen molar-refractivity contribution in [2.45, 2.75) is 33.4 Å². The molecule has 1 aromatic carbocycles. The van der Waals surface area contributed by atoms with Crippen molar-refractivity contribution in [3.05, 3.63) is 47.7 Å². The summed E-state index contributed by atoms with van der Waals surface area (Å²) < 4.78 is 5.83. The highest BCUT2D eigenvalue weighted by Crippen LogP contribution is 2.24. The maximum Gasteiger partial charge on any atom is 0.134 e. The first kappa shape index (κ1) is 14.8. The molecule has 2 aromatic rings. The van der Waals surface area contributed by atoms with Gasteiger partial charge in [0.25, 0.3) is 0 Å². The van der Waals surface area contributed by atoms with E-state index in [-0.39, 0.29) is 0 Å². The first-order valence-electron chi connectivity index (χ1n) is 7.14. The van der Waals surface area contributed by atoms with Crippen molar-refractivity contribution in [2.75, 3.05) is 6.54 Å². The molecule has 0 unspecified atom stereocenters. The van der Waals surface area contributed by atoms with Crippen LogP contribution in [0, 0.1) is 5.92 Å². The molecule has 1 heterocycles. The Kier molecular flexibility index (Phi) is 4.99. The molecule has 0 radical (unpaired) electrons. The van der Waals surface area contributed by atoms with Gasteiger partial charge in [-0.2, -0.15) is 0 Å². The first-order chi connectivity index (χ1) is 9.56. The van der Waals surface area contributed by atoms with Gasteiger partial charge >= 0.3 is 0 Å². The zero-order chi connectivity index (χ0) is 14.5. The summed E-state index contributed by atoms with van der Waals surface area (Å²) in [4.78, 5) is 0. The lowest BCUT2D eigenvalue weighted by Crippen LogP contribution is -2.18. The van der Waals surface area contributed by atoms with Gasteiger partial charge in [-0.15, -0.1) is 0 Å². The van der Waals surface area contributed by atoms with E-state index in [1.165, 1.54) is 0 Å². The second kappa shape index (κ2) is 6.73. The average molecular weight is 273 g/mol. The Morgan fingerprint density at radius 1 is 1.05 bits per heavy atom. The molecule has 3 nitrogen and oxygen atoms in total. The number of hydrogen-bond acceptors (Lipinski definition) is 3. The van der Waals surface area contributed by atoms with E-state index in [4.69, 9.17) is 4.42 Å². The van der Waals surface area contributed by atoms with Crippen molar-refractivity contribution in [3.8, 4) is 11.3 Å². The Morgan fingerprint density at radius 2 is 1.75 bits per heavy atom. The Bertz CT molecular complexity index is 526. The number of nitrogens with one attached hydrogen (secondary N) is 1. The maximum absolute atomic E-state index is 9.50. The van der Waals surface area contributed by atoms with Crippen LogP contribution in [0.5, 0.6) is 0 Å². The Morgan fingerprint density at radius 3 is 2.35 bits per heavy atom. The molecule has 1 aromatic heterocycles. The third-order valence-electron chi connectivity index (χ3n) is 3.19. The zero-order valence-electron chi connectivity index (χ0n) is 12.4. The van der Waals surface area contributed by atoms with Gasteiger partial charge < -0.3 is 14.8 Å². The highest BCUT2D eigenvalue weighted by Gasteiger charge is 2.06. The first-order valence-corrected chi connectivity index (χ1v) is 7.14. The van der Waals surface area contributed by atoms with Gasteiger partial charge in [0, 0.05) is 5.56 Å². The zero-order valence-corrected chi connectivity index (χ0v) is 12.4. The maximum atomic E-state index is 9.50. The van der Waals surface area contributed by atoms with Crippen LogP contribution in [-0.2, 0) is 6.54 Å².